The molecule has 1 N–H and O–H groups in total. The first-order valence-electron chi connectivity index (χ1n) is 6.28. The van der Waals surface area contributed by atoms with E-state index < -0.39 is 5.95 Å². The van der Waals surface area contributed by atoms with Gasteiger partial charge >= 0.3 is 0 Å². The summed E-state index contributed by atoms with van der Waals surface area (Å²) in [5.74, 6) is -0.413. The summed E-state index contributed by atoms with van der Waals surface area (Å²) in [6, 6.07) is 4.70. The van der Waals surface area contributed by atoms with Crippen molar-refractivity contribution in [1.29, 1.82) is 0 Å². The zero-order valence-electron chi connectivity index (χ0n) is 10.1. The molecule has 2 saturated heterocycles. The van der Waals surface area contributed by atoms with Crippen molar-refractivity contribution < 1.29 is 9.13 Å². The molecule has 3 heterocycles. The number of hydrogen-bond donors (Lipinski definition) is 1. The van der Waals surface area contributed by atoms with Crippen molar-refractivity contribution in [2.24, 2.45) is 0 Å². The Kier molecular flexibility index (Phi) is 4.54. The van der Waals surface area contributed by atoms with E-state index in [1.54, 1.807) is 12.1 Å². The molecule has 3 nitrogen and oxygen atoms in total. The van der Waals surface area contributed by atoms with E-state index in [2.05, 4.69) is 10.3 Å². The maximum absolute atomic E-state index is 13.3. The van der Waals surface area contributed by atoms with Gasteiger partial charge in [-0.3, -0.25) is 0 Å². The van der Waals surface area contributed by atoms with Gasteiger partial charge in [-0.2, -0.15) is 4.39 Å². The van der Waals surface area contributed by atoms with Gasteiger partial charge < -0.3 is 10.1 Å². The Bertz CT molecular complexity index is 392. The fourth-order valence-electron chi connectivity index (χ4n) is 2.88. The molecule has 2 aliphatic heterocycles. The highest BCUT2D eigenvalue weighted by Gasteiger charge is 2.33. The number of pyridine rings is 1. The summed E-state index contributed by atoms with van der Waals surface area (Å²) < 4.78 is 19.1. The summed E-state index contributed by atoms with van der Waals surface area (Å²) in [5.41, 5.74) is 0.554. The van der Waals surface area contributed by atoms with Gasteiger partial charge in [0, 0.05) is 23.8 Å². The number of rotatable bonds is 3. The molecule has 100 valence electrons. The number of nitrogens with zero attached hydrogens (tertiary/aromatic N) is 1. The van der Waals surface area contributed by atoms with Crippen LogP contribution in [0.25, 0.3) is 0 Å². The normalized spacial score (nSPS) is 29.9. The van der Waals surface area contributed by atoms with E-state index in [0.29, 0.717) is 24.3 Å². The maximum atomic E-state index is 13.3. The van der Waals surface area contributed by atoms with Crippen LogP contribution in [0.3, 0.4) is 0 Å². The highest BCUT2D eigenvalue weighted by molar-refractivity contribution is 5.85. The van der Waals surface area contributed by atoms with Gasteiger partial charge in [0.05, 0.1) is 12.7 Å². The molecule has 3 atom stereocenters. The second-order valence-electron chi connectivity index (χ2n) is 5.00. The molecule has 2 fully saturated rings. The first-order valence-corrected chi connectivity index (χ1v) is 6.28. The van der Waals surface area contributed by atoms with Crippen LogP contribution in [-0.4, -0.2) is 23.2 Å². The molecule has 2 aliphatic rings. The second-order valence-corrected chi connectivity index (χ2v) is 5.00. The van der Waals surface area contributed by atoms with Gasteiger partial charge in [0.1, 0.15) is 0 Å². The molecule has 5 heteroatoms. The van der Waals surface area contributed by atoms with Crippen LogP contribution in [0.5, 0.6) is 0 Å². The average Bonchev–Trinajstić information content (AvgIpc) is 2.68. The van der Waals surface area contributed by atoms with Crippen LogP contribution >= 0.6 is 12.4 Å². The Morgan fingerprint density at radius 1 is 1.33 bits per heavy atom. The van der Waals surface area contributed by atoms with Crippen LogP contribution in [0.4, 0.5) is 4.39 Å². The number of ether oxygens (including phenoxy) is 1. The topological polar surface area (TPSA) is 34.1 Å². The van der Waals surface area contributed by atoms with Crippen molar-refractivity contribution in [3.05, 3.63) is 29.8 Å². The Morgan fingerprint density at radius 2 is 2.06 bits per heavy atom. The van der Waals surface area contributed by atoms with E-state index in [-0.39, 0.29) is 18.5 Å². The summed E-state index contributed by atoms with van der Waals surface area (Å²) in [6.45, 7) is 0.337. The molecule has 3 rings (SSSR count). The third-order valence-electron chi connectivity index (χ3n) is 3.74. The van der Waals surface area contributed by atoms with Crippen molar-refractivity contribution in [2.75, 3.05) is 0 Å². The molecular weight excluding hydrogens is 255 g/mol. The molecule has 0 aromatic carbocycles. The van der Waals surface area contributed by atoms with E-state index in [1.165, 1.54) is 19.0 Å². The Labute approximate surface area is 113 Å². The monoisotopic (exact) mass is 272 g/mol. The van der Waals surface area contributed by atoms with Crippen molar-refractivity contribution in [2.45, 2.75) is 50.5 Å². The highest BCUT2D eigenvalue weighted by atomic mass is 35.5. The zero-order chi connectivity index (χ0) is 11.7. The lowest BCUT2D eigenvalue weighted by atomic mass is 10.0. The Balaban J connectivity index is 0.00000120. The Morgan fingerprint density at radius 3 is 2.72 bits per heavy atom. The minimum absolute atomic E-state index is 0. The van der Waals surface area contributed by atoms with Crippen molar-refractivity contribution in [3.63, 3.8) is 0 Å². The lowest BCUT2D eigenvalue weighted by Gasteiger charge is -2.29. The molecule has 1 aromatic heterocycles. The molecule has 2 bridgehead atoms. The fraction of sp³-hybridized carbons (Fsp3) is 0.615. The van der Waals surface area contributed by atoms with Gasteiger partial charge in [-0.05, 0) is 31.7 Å². The fourth-order valence-corrected chi connectivity index (χ4v) is 2.88. The minimum atomic E-state index is -0.413. The van der Waals surface area contributed by atoms with Crippen molar-refractivity contribution >= 4 is 12.4 Å². The molecule has 0 saturated carbocycles. The number of aromatic nitrogens is 1. The van der Waals surface area contributed by atoms with Crippen LogP contribution < -0.4 is 5.32 Å². The lowest BCUT2D eigenvalue weighted by Crippen LogP contribution is -2.41. The summed E-state index contributed by atoms with van der Waals surface area (Å²) in [5, 5.41) is 3.56. The van der Waals surface area contributed by atoms with Crippen molar-refractivity contribution in [3.8, 4) is 0 Å². The number of hydrogen-bond acceptors (Lipinski definition) is 3. The molecule has 0 amide bonds. The quantitative estimate of drug-likeness (QED) is 0.859. The molecule has 0 aliphatic carbocycles. The first-order chi connectivity index (χ1) is 8.31. The van der Waals surface area contributed by atoms with E-state index in [1.807, 2.05) is 0 Å². The Hall–Kier alpha value is -0.710. The maximum Gasteiger partial charge on any atom is 0.218 e. The SMILES string of the molecule is Cl.Fc1ncccc1COC1C[C@H]2CC[C@@H](C1)N2. The summed E-state index contributed by atoms with van der Waals surface area (Å²) in [4.78, 5) is 3.63. The largest absolute Gasteiger partial charge is 0.373 e. The predicted octanol–water partition coefficient (Wildman–Crippen LogP) is 2.44. The molecule has 18 heavy (non-hydrogen) atoms. The van der Waals surface area contributed by atoms with E-state index >= 15 is 0 Å². The van der Waals surface area contributed by atoms with Gasteiger partial charge in [0.25, 0.3) is 0 Å². The zero-order valence-corrected chi connectivity index (χ0v) is 11.0. The van der Waals surface area contributed by atoms with Gasteiger partial charge in [0.15, 0.2) is 0 Å². The summed E-state index contributed by atoms with van der Waals surface area (Å²) in [7, 11) is 0. The van der Waals surface area contributed by atoms with E-state index in [9.17, 15) is 4.39 Å². The van der Waals surface area contributed by atoms with Gasteiger partial charge in [0.2, 0.25) is 5.95 Å². The van der Waals surface area contributed by atoms with Crippen LogP contribution in [0, 0.1) is 5.95 Å². The average molecular weight is 273 g/mol. The van der Waals surface area contributed by atoms with Crippen LogP contribution in [0.1, 0.15) is 31.2 Å². The molecular formula is C13H18ClFN2O. The van der Waals surface area contributed by atoms with Crippen LogP contribution in [0.15, 0.2) is 18.3 Å². The van der Waals surface area contributed by atoms with Crippen LogP contribution in [-0.2, 0) is 11.3 Å². The highest BCUT2D eigenvalue weighted by Crippen LogP contribution is 2.29. The summed E-state index contributed by atoms with van der Waals surface area (Å²) >= 11 is 0. The predicted molar refractivity (Wildman–Crippen MR) is 69.2 cm³/mol. The van der Waals surface area contributed by atoms with E-state index in [4.69, 9.17) is 4.74 Å². The van der Waals surface area contributed by atoms with Gasteiger partial charge in [-0.1, -0.05) is 6.07 Å². The van der Waals surface area contributed by atoms with Gasteiger partial charge in [-0.25, -0.2) is 4.98 Å². The summed E-state index contributed by atoms with van der Waals surface area (Å²) in [6.07, 6.45) is 6.35. The van der Waals surface area contributed by atoms with Crippen LogP contribution in [0.2, 0.25) is 0 Å². The number of nitrogens with one attached hydrogen (secondary N) is 1. The number of fused-ring (bicyclic) bond motifs is 2. The standard InChI is InChI=1S/C13H17FN2O.ClH/c14-13-9(2-1-5-15-13)8-17-12-6-10-3-4-11(7-12)16-10;/h1-2,5,10-12,16H,3-4,6-8H2;1H/t10-,11+,12?;. The number of piperidine rings is 1. The van der Waals surface area contributed by atoms with E-state index in [0.717, 1.165) is 12.8 Å². The van der Waals surface area contributed by atoms with Crippen molar-refractivity contribution in [1.82, 2.24) is 10.3 Å². The molecule has 0 radical (unpaired) electrons. The second kappa shape index (κ2) is 5.95. The lowest BCUT2D eigenvalue weighted by molar-refractivity contribution is 0.00774. The smallest absolute Gasteiger partial charge is 0.218 e. The first kappa shape index (κ1) is 13.7. The molecule has 1 unspecified atom stereocenters. The third-order valence-corrected chi connectivity index (χ3v) is 3.74. The van der Waals surface area contributed by atoms with Gasteiger partial charge in [-0.15, -0.1) is 12.4 Å². The third kappa shape index (κ3) is 2.99. The minimum Gasteiger partial charge on any atom is -0.373 e. The number of halogens is 2. The molecule has 1 aromatic rings. The molecule has 0 spiro atoms.